The topological polar surface area (TPSA) is 69.0 Å². The third-order valence-electron chi connectivity index (χ3n) is 3.91. The number of anilines is 1. The molecular formula is C18H19ClN4O2. The number of benzene rings is 1. The Bertz CT molecular complexity index is 950. The quantitative estimate of drug-likeness (QED) is 0.757. The van der Waals surface area contributed by atoms with Gasteiger partial charge in [0.25, 0.3) is 5.91 Å². The normalized spacial score (nSPS) is 11.1. The zero-order valence-electron chi connectivity index (χ0n) is 14.5. The number of ether oxygens (including phenoxy) is 1. The number of aryl methyl sites for hydroxylation is 1. The molecule has 0 fully saturated rings. The van der Waals surface area contributed by atoms with E-state index in [9.17, 15) is 4.79 Å². The molecule has 0 bridgehead atoms. The number of nitrogens with zero attached hydrogens (tertiary/aromatic N) is 3. The largest absolute Gasteiger partial charge is 0.493 e. The third-order valence-corrected chi connectivity index (χ3v) is 4.21. The maximum absolute atomic E-state index is 12.7. The van der Waals surface area contributed by atoms with Crippen LogP contribution in [0.3, 0.4) is 0 Å². The summed E-state index contributed by atoms with van der Waals surface area (Å²) in [7, 11) is 1.51. The predicted molar refractivity (Wildman–Crippen MR) is 98.6 cm³/mol. The first kappa shape index (κ1) is 17.2. The van der Waals surface area contributed by atoms with Crippen LogP contribution < -0.4 is 10.1 Å². The first-order chi connectivity index (χ1) is 11.9. The van der Waals surface area contributed by atoms with Crippen molar-refractivity contribution in [2.24, 2.45) is 0 Å². The van der Waals surface area contributed by atoms with Crippen LogP contribution in [-0.2, 0) is 0 Å². The van der Waals surface area contributed by atoms with E-state index in [1.54, 1.807) is 37.4 Å². The van der Waals surface area contributed by atoms with Crippen LogP contribution in [0, 0.1) is 6.92 Å². The van der Waals surface area contributed by atoms with Crippen LogP contribution in [0.15, 0.2) is 30.5 Å². The van der Waals surface area contributed by atoms with Gasteiger partial charge in [-0.25, -0.2) is 9.67 Å². The molecule has 2 aromatic heterocycles. The Morgan fingerprint density at radius 1 is 1.36 bits per heavy atom. The summed E-state index contributed by atoms with van der Waals surface area (Å²) in [6.07, 6.45) is 1.72. The molecule has 1 aromatic carbocycles. The molecule has 7 heteroatoms. The van der Waals surface area contributed by atoms with Gasteiger partial charge in [0.2, 0.25) is 0 Å². The van der Waals surface area contributed by atoms with E-state index >= 15 is 0 Å². The molecule has 0 aliphatic carbocycles. The molecule has 0 atom stereocenters. The van der Waals surface area contributed by atoms with E-state index in [1.807, 2.05) is 18.5 Å². The van der Waals surface area contributed by atoms with Crippen molar-refractivity contribution in [1.29, 1.82) is 0 Å². The van der Waals surface area contributed by atoms with E-state index in [0.29, 0.717) is 27.7 Å². The molecule has 1 amide bonds. The lowest BCUT2D eigenvalue weighted by Crippen LogP contribution is -2.15. The van der Waals surface area contributed by atoms with E-state index in [1.165, 1.54) is 7.11 Å². The van der Waals surface area contributed by atoms with Crippen molar-refractivity contribution in [2.75, 3.05) is 12.4 Å². The number of pyridine rings is 1. The monoisotopic (exact) mass is 358 g/mol. The van der Waals surface area contributed by atoms with Crippen LogP contribution in [0.25, 0.3) is 11.0 Å². The fourth-order valence-corrected chi connectivity index (χ4v) is 2.93. The van der Waals surface area contributed by atoms with Crippen molar-refractivity contribution in [1.82, 2.24) is 14.8 Å². The van der Waals surface area contributed by atoms with E-state index < -0.39 is 0 Å². The molecular weight excluding hydrogens is 340 g/mol. The van der Waals surface area contributed by atoms with Gasteiger partial charge in [0.05, 0.1) is 35.3 Å². The number of nitrogens with one attached hydrogen (secondary N) is 1. The second-order valence-electron chi connectivity index (χ2n) is 5.99. The molecule has 0 saturated carbocycles. The highest BCUT2D eigenvalue weighted by atomic mass is 35.5. The van der Waals surface area contributed by atoms with Gasteiger partial charge in [-0.1, -0.05) is 17.7 Å². The Morgan fingerprint density at radius 3 is 2.80 bits per heavy atom. The summed E-state index contributed by atoms with van der Waals surface area (Å²) >= 11 is 6.10. The van der Waals surface area contributed by atoms with Crippen LogP contribution in [0.5, 0.6) is 5.75 Å². The van der Waals surface area contributed by atoms with Gasteiger partial charge < -0.3 is 10.1 Å². The number of fused-ring (bicyclic) bond motifs is 1. The van der Waals surface area contributed by atoms with Crippen LogP contribution in [0.1, 0.15) is 35.9 Å². The summed E-state index contributed by atoms with van der Waals surface area (Å²) in [5.41, 5.74) is 2.40. The first-order valence-corrected chi connectivity index (χ1v) is 8.29. The molecule has 3 rings (SSSR count). The molecule has 1 N–H and O–H groups in total. The number of carbonyl (C=O) groups is 1. The minimum atomic E-state index is -0.273. The lowest BCUT2D eigenvalue weighted by molar-refractivity contribution is 0.102. The zero-order valence-corrected chi connectivity index (χ0v) is 15.3. The second-order valence-corrected chi connectivity index (χ2v) is 6.40. The lowest BCUT2D eigenvalue weighted by Gasteiger charge is -2.13. The number of halogens is 1. The Balaban J connectivity index is 1.98. The van der Waals surface area contributed by atoms with Crippen molar-refractivity contribution < 1.29 is 9.53 Å². The Morgan fingerprint density at radius 2 is 2.12 bits per heavy atom. The molecule has 0 saturated heterocycles. The third kappa shape index (κ3) is 3.17. The fourth-order valence-electron chi connectivity index (χ4n) is 2.68. The molecule has 0 radical (unpaired) electrons. The van der Waals surface area contributed by atoms with Gasteiger partial charge in [0.15, 0.2) is 11.4 Å². The van der Waals surface area contributed by atoms with E-state index in [0.717, 1.165) is 11.0 Å². The number of rotatable bonds is 4. The molecule has 130 valence electrons. The number of carbonyl (C=O) groups excluding carboxylic acids is 1. The molecule has 0 aliphatic heterocycles. The molecule has 2 heterocycles. The molecule has 0 aliphatic rings. The van der Waals surface area contributed by atoms with Gasteiger partial charge in [-0.05, 0) is 39.0 Å². The van der Waals surface area contributed by atoms with Crippen LogP contribution in [-0.4, -0.2) is 27.8 Å². The van der Waals surface area contributed by atoms with Crippen LogP contribution >= 0.6 is 11.6 Å². The Kier molecular flexibility index (Phi) is 4.63. The minimum Gasteiger partial charge on any atom is -0.493 e. The van der Waals surface area contributed by atoms with E-state index in [2.05, 4.69) is 15.4 Å². The van der Waals surface area contributed by atoms with Crippen LogP contribution in [0.2, 0.25) is 5.02 Å². The highest BCUT2D eigenvalue weighted by molar-refractivity contribution is 6.32. The Hall–Kier alpha value is -2.60. The van der Waals surface area contributed by atoms with Gasteiger partial charge in [-0.15, -0.1) is 0 Å². The number of para-hydroxylation sites is 1. The number of hydrogen-bond acceptors (Lipinski definition) is 4. The van der Waals surface area contributed by atoms with Crippen LogP contribution in [0.4, 0.5) is 5.69 Å². The Labute approximate surface area is 150 Å². The number of methoxy groups -OCH3 is 1. The van der Waals surface area contributed by atoms with E-state index in [-0.39, 0.29) is 11.9 Å². The van der Waals surface area contributed by atoms with Gasteiger partial charge in [0, 0.05) is 11.4 Å². The zero-order chi connectivity index (χ0) is 18.1. The number of hydrogen-bond donors (Lipinski definition) is 1. The second kappa shape index (κ2) is 6.72. The molecule has 0 unspecified atom stereocenters. The SMILES string of the molecule is COc1c(Cl)cccc1NC(=O)c1cc2cnn(C(C)C)c2nc1C. The highest BCUT2D eigenvalue weighted by Gasteiger charge is 2.17. The van der Waals surface area contributed by atoms with Gasteiger partial charge in [-0.3, -0.25) is 4.79 Å². The summed E-state index contributed by atoms with van der Waals surface area (Å²) in [6.45, 7) is 5.88. The highest BCUT2D eigenvalue weighted by Crippen LogP contribution is 2.33. The summed E-state index contributed by atoms with van der Waals surface area (Å²) in [4.78, 5) is 17.3. The average Bonchev–Trinajstić information content (AvgIpc) is 2.97. The first-order valence-electron chi connectivity index (χ1n) is 7.91. The summed E-state index contributed by atoms with van der Waals surface area (Å²) in [5, 5.41) is 8.44. The molecule has 25 heavy (non-hydrogen) atoms. The lowest BCUT2D eigenvalue weighted by atomic mass is 10.1. The van der Waals surface area contributed by atoms with E-state index in [4.69, 9.17) is 16.3 Å². The average molecular weight is 359 g/mol. The fraction of sp³-hybridized carbons (Fsp3) is 0.278. The molecule has 3 aromatic rings. The van der Waals surface area contributed by atoms with Gasteiger partial charge in [-0.2, -0.15) is 5.10 Å². The minimum absolute atomic E-state index is 0.194. The molecule has 0 spiro atoms. The number of amides is 1. The summed E-state index contributed by atoms with van der Waals surface area (Å²) in [5.74, 6) is 0.154. The van der Waals surface area contributed by atoms with Crippen molar-refractivity contribution in [3.8, 4) is 5.75 Å². The number of aromatic nitrogens is 3. The smallest absolute Gasteiger partial charge is 0.257 e. The summed E-state index contributed by atoms with van der Waals surface area (Å²) < 4.78 is 7.10. The van der Waals surface area contributed by atoms with Gasteiger partial charge >= 0.3 is 0 Å². The standard InChI is InChI=1S/C18H19ClN4O2/c1-10(2)23-17-12(9-20-23)8-13(11(3)21-17)18(24)22-15-7-5-6-14(19)16(15)25-4/h5-10H,1-4H3,(H,22,24). The van der Waals surface area contributed by atoms with Crippen molar-refractivity contribution in [3.63, 3.8) is 0 Å². The predicted octanol–water partition coefficient (Wildman–Crippen LogP) is 4.23. The van der Waals surface area contributed by atoms with Crippen molar-refractivity contribution in [3.05, 3.63) is 46.7 Å². The van der Waals surface area contributed by atoms with Gasteiger partial charge in [0.1, 0.15) is 0 Å². The molecule has 6 nitrogen and oxygen atoms in total. The summed E-state index contributed by atoms with van der Waals surface area (Å²) in [6, 6.07) is 7.19. The maximum atomic E-state index is 12.7. The van der Waals surface area contributed by atoms with Crippen molar-refractivity contribution >= 4 is 34.2 Å². The van der Waals surface area contributed by atoms with Crippen molar-refractivity contribution in [2.45, 2.75) is 26.8 Å². The maximum Gasteiger partial charge on any atom is 0.257 e.